The van der Waals surface area contributed by atoms with E-state index in [9.17, 15) is 4.79 Å². The van der Waals surface area contributed by atoms with E-state index in [4.69, 9.17) is 4.74 Å². The number of benzene rings is 1. The highest BCUT2D eigenvalue weighted by molar-refractivity contribution is 5.87. The maximum absolute atomic E-state index is 11.1. The lowest BCUT2D eigenvalue weighted by Crippen LogP contribution is -1.98. The van der Waals surface area contributed by atoms with Crippen LogP contribution in [0.3, 0.4) is 0 Å². The average molecular weight is 228 g/mol. The standard InChI is InChI=1S/C13H12N2O2/c1-2-17-13(16)8-7-10-9-14-11-5-3-4-6-12(11)15-10/h3-9H,2H2,1H3/b8-7+. The molecule has 0 radical (unpaired) electrons. The molecule has 2 aromatic rings. The Kier molecular flexibility index (Phi) is 3.45. The van der Waals surface area contributed by atoms with E-state index in [2.05, 4.69) is 9.97 Å². The first-order valence-electron chi connectivity index (χ1n) is 5.36. The minimum Gasteiger partial charge on any atom is -0.463 e. The van der Waals surface area contributed by atoms with Crippen molar-refractivity contribution in [2.75, 3.05) is 6.61 Å². The van der Waals surface area contributed by atoms with Crippen LogP contribution in [-0.2, 0) is 9.53 Å². The number of rotatable bonds is 3. The molecule has 0 unspecified atom stereocenters. The van der Waals surface area contributed by atoms with Crippen molar-refractivity contribution in [3.63, 3.8) is 0 Å². The quantitative estimate of drug-likeness (QED) is 0.597. The SMILES string of the molecule is CCOC(=O)/C=C/c1cnc2ccccc2n1. The van der Waals surface area contributed by atoms with Gasteiger partial charge in [-0.3, -0.25) is 4.98 Å². The number of hydrogen-bond donors (Lipinski definition) is 0. The summed E-state index contributed by atoms with van der Waals surface area (Å²) in [6.45, 7) is 2.13. The zero-order chi connectivity index (χ0) is 12.1. The monoisotopic (exact) mass is 228 g/mol. The van der Waals surface area contributed by atoms with E-state index in [1.165, 1.54) is 6.08 Å². The third-order valence-electron chi connectivity index (χ3n) is 2.14. The van der Waals surface area contributed by atoms with Gasteiger partial charge in [-0.1, -0.05) is 12.1 Å². The molecule has 0 spiro atoms. The molecular weight excluding hydrogens is 216 g/mol. The number of fused-ring (bicyclic) bond motifs is 1. The fourth-order valence-electron chi connectivity index (χ4n) is 1.40. The topological polar surface area (TPSA) is 52.1 Å². The molecule has 1 aromatic carbocycles. The number of nitrogens with zero attached hydrogens (tertiary/aromatic N) is 2. The van der Waals surface area contributed by atoms with Gasteiger partial charge in [0.05, 0.1) is 29.5 Å². The Balaban J connectivity index is 2.22. The summed E-state index contributed by atoms with van der Waals surface area (Å²) in [5, 5.41) is 0. The van der Waals surface area contributed by atoms with Crippen LogP contribution >= 0.6 is 0 Å². The van der Waals surface area contributed by atoms with E-state index in [-0.39, 0.29) is 5.97 Å². The van der Waals surface area contributed by atoms with Crippen molar-refractivity contribution in [1.29, 1.82) is 0 Å². The van der Waals surface area contributed by atoms with E-state index >= 15 is 0 Å². The normalized spacial score (nSPS) is 10.9. The van der Waals surface area contributed by atoms with Crippen LogP contribution in [0.25, 0.3) is 17.1 Å². The van der Waals surface area contributed by atoms with Crippen molar-refractivity contribution >= 4 is 23.1 Å². The summed E-state index contributed by atoms with van der Waals surface area (Å²) in [6, 6.07) is 7.58. The van der Waals surface area contributed by atoms with Crippen molar-refractivity contribution in [2.45, 2.75) is 6.92 Å². The largest absolute Gasteiger partial charge is 0.463 e. The van der Waals surface area contributed by atoms with Crippen molar-refractivity contribution < 1.29 is 9.53 Å². The lowest BCUT2D eigenvalue weighted by molar-refractivity contribution is -0.137. The molecule has 0 saturated carbocycles. The maximum atomic E-state index is 11.1. The molecule has 0 aliphatic heterocycles. The molecular formula is C13H12N2O2. The fraction of sp³-hybridized carbons (Fsp3) is 0.154. The maximum Gasteiger partial charge on any atom is 0.330 e. The molecule has 2 rings (SSSR count). The van der Waals surface area contributed by atoms with Gasteiger partial charge in [0.1, 0.15) is 0 Å². The van der Waals surface area contributed by atoms with Crippen molar-refractivity contribution in [3.05, 3.63) is 42.2 Å². The predicted molar refractivity (Wildman–Crippen MR) is 65.2 cm³/mol. The van der Waals surface area contributed by atoms with Crippen LogP contribution in [0.2, 0.25) is 0 Å². The molecule has 1 heterocycles. The van der Waals surface area contributed by atoms with Crippen LogP contribution in [0.15, 0.2) is 36.5 Å². The van der Waals surface area contributed by atoms with E-state index in [0.717, 1.165) is 11.0 Å². The van der Waals surface area contributed by atoms with Gasteiger partial charge in [0.25, 0.3) is 0 Å². The Bertz CT molecular complexity index is 564. The highest BCUT2D eigenvalue weighted by Crippen LogP contribution is 2.09. The Morgan fingerprint density at radius 3 is 2.88 bits per heavy atom. The van der Waals surface area contributed by atoms with Crippen LogP contribution in [0.5, 0.6) is 0 Å². The van der Waals surface area contributed by atoms with E-state index < -0.39 is 0 Å². The van der Waals surface area contributed by atoms with Crippen LogP contribution in [0.1, 0.15) is 12.6 Å². The van der Waals surface area contributed by atoms with Crippen molar-refractivity contribution in [1.82, 2.24) is 9.97 Å². The summed E-state index contributed by atoms with van der Waals surface area (Å²) in [5.41, 5.74) is 2.27. The molecule has 0 fully saturated rings. The molecule has 4 heteroatoms. The molecule has 17 heavy (non-hydrogen) atoms. The first-order valence-corrected chi connectivity index (χ1v) is 5.36. The molecule has 0 N–H and O–H groups in total. The third-order valence-corrected chi connectivity index (χ3v) is 2.14. The highest BCUT2D eigenvalue weighted by atomic mass is 16.5. The van der Waals surface area contributed by atoms with Gasteiger partial charge in [-0.25, -0.2) is 9.78 Å². The lowest BCUT2D eigenvalue weighted by Gasteiger charge is -1.97. The number of esters is 1. The molecule has 0 saturated heterocycles. The summed E-state index contributed by atoms with van der Waals surface area (Å²) in [4.78, 5) is 19.7. The zero-order valence-electron chi connectivity index (χ0n) is 9.46. The van der Waals surface area contributed by atoms with Gasteiger partial charge in [-0.05, 0) is 25.1 Å². The van der Waals surface area contributed by atoms with E-state index in [0.29, 0.717) is 12.3 Å². The second kappa shape index (κ2) is 5.21. The first kappa shape index (κ1) is 11.3. The second-order valence-corrected chi connectivity index (χ2v) is 3.37. The van der Waals surface area contributed by atoms with Crippen LogP contribution in [0.4, 0.5) is 0 Å². The minimum absolute atomic E-state index is 0.368. The smallest absolute Gasteiger partial charge is 0.330 e. The van der Waals surface area contributed by atoms with Crippen molar-refractivity contribution in [2.24, 2.45) is 0 Å². The number of hydrogen-bond acceptors (Lipinski definition) is 4. The summed E-state index contributed by atoms with van der Waals surface area (Å²) < 4.78 is 4.78. The molecule has 0 atom stereocenters. The molecule has 0 aliphatic rings. The van der Waals surface area contributed by atoms with Gasteiger partial charge in [0.2, 0.25) is 0 Å². The van der Waals surface area contributed by atoms with Crippen LogP contribution in [-0.4, -0.2) is 22.5 Å². The number of carbonyl (C=O) groups excluding carboxylic acids is 1. The zero-order valence-corrected chi connectivity index (χ0v) is 9.46. The Hall–Kier alpha value is -2.23. The molecule has 1 aromatic heterocycles. The number of carbonyl (C=O) groups is 1. The molecule has 4 nitrogen and oxygen atoms in total. The summed E-state index contributed by atoms with van der Waals surface area (Å²) >= 11 is 0. The van der Waals surface area contributed by atoms with Gasteiger partial charge in [-0.15, -0.1) is 0 Å². The van der Waals surface area contributed by atoms with Gasteiger partial charge < -0.3 is 4.74 Å². The van der Waals surface area contributed by atoms with E-state index in [1.807, 2.05) is 24.3 Å². The molecule has 0 aliphatic carbocycles. The van der Waals surface area contributed by atoms with E-state index in [1.54, 1.807) is 19.2 Å². The number of ether oxygens (including phenoxy) is 1. The molecule has 86 valence electrons. The highest BCUT2D eigenvalue weighted by Gasteiger charge is 1.97. The Morgan fingerprint density at radius 2 is 2.12 bits per heavy atom. The summed E-state index contributed by atoms with van der Waals surface area (Å²) in [7, 11) is 0. The molecule has 0 bridgehead atoms. The van der Waals surface area contributed by atoms with Crippen LogP contribution in [0, 0.1) is 0 Å². The fourth-order valence-corrected chi connectivity index (χ4v) is 1.40. The lowest BCUT2D eigenvalue weighted by atomic mass is 10.3. The van der Waals surface area contributed by atoms with Gasteiger partial charge in [0, 0.05) is 6.08 Å². The van der Waals surface area contributed by atoms with Gasteiger partial charge >= 0.3 is 5.97 Å². The van der Waals surface area contributed by atoms with Gasteiger partial charge in [0.15, 0.2) is 0 Å². The second-order valence-electron chi connectivity index (χ2n) is 3.37. The predicted octanol–water partition coefficient (Wildman–Crippen LogP) is 2.21. The Labute approximate surface area is 99.0 Å². The Morgan fingerprint density at radius 1 is 1.35 bits per heavy atom. The summed E-state index contributed by atoms with van der Waals surface area (Å²) in [6.07, 6.45) is 4.57. The average Bonchev–Trinajstić information content (AvgIpc) is 2.36. The third kappa shape index (κ3) is 2.87. The van der Waals surface area contributed by atoms with Crippen LogP contribution < -0.4 is 0 Å². The van der Waals surface area contributed by atoms with Crippen molar-refractivity contribution in [3.8, 4) is 0 Å². The minimum atomic E-state index is -0.373. The summed E-state index contributed by atoms with van der Waals surface area (Å²) in [5.74, 6) is -0.373. The number of aromatic nitrogens is 2. The first-order chi connectivity index (χ1) is 8.29. The molecule has 0 amide bonds. The van der Waals surface area contributed by atoms with Gasteiger partial charge in [-0.2, -0.15) is 0 Å². The number of para-hydroxylation sites is 2.